The lowest BCUT2D eigenvalue weighted by atomic mass is 10.4. The van der Waals surface area contributed by atoms with E-state index in [1.54, 1.807) is 0 Å². The molecule has 4 nitrogen and oxygen atoms in total. The van der Waals surface area contributed by atoms with Crippen LogP contribution in [0.25, 0.3) is 0 Å². The van der Waals surface area contributed by atoms with Crippen molar-refractivity contribution >= 4 is 12.1 Å². The summed E-state index contributed by atoms with van der Waals surface area (Å²) in [7, 11) is 0. The van der Waals surface area contributed by atoms with Gasteiger partial charge in [-0.15, -0.1) is 0 Å². The monoisotopic (exact) mass is 148 g/mol. The van der Waals surface area contributed by atoms with Gasteiger partial charge in [-0.05, 0) is 6.92 Å². The number of rotatable bonds is 3. The molecule has 1 amide bonds. The van der Waals surface area contributed by atoms with E-state index < -0.39 is 18.3 Å². The Labute approximate surface area is 57.6 Å². The SMILES string of the molecule is CC(O)N=CC(F)C(N)=O. The number of amides is 1. The average Bonchev–Trinajstić information content (AvgIpc) is 1.82. The molecule has 0 aliphatic carbocycles. The normalized spacial score (nSPS) is 17.1. The molecule has 0 aromatic heterocycles. The van der Waals surface area contributed by atoms with E-state index in [4.69, 9.17) is 5.11 Å². The number of carbonyl (C=O) groups excluding carboxylic acids is 1. The van der Waals surface area contributed by atoms with E-state index in [-0.39, 0.29) is 0 Å². The molecule has 0 fully saturated rings. The number of aliphatic imine (C=N–C) groups is 1. The van der Waals surface area contributed by atoms with Gasteiger partial charge in [-0.25, -0.2) is 4.39 Å². The lowest BCUT2D eigenvalue weighted by molar-refractivity contribution is -0.120. The highest BCUT2D eigenvalue weighted by molar-refractivity contribution is 5.95. The molecular formula is C5H9FN2O2. The van der Waals surface area contributed by atoms with E-state index in [1.165, 1.54) is 6.92 Å². The Balaban J connectivity index is 3.77. The number of primary amides is 1. The Morgan fingerprint density at radius 1 is 1.90 bits per heavy atom. The zero-order chi connectivity index (χ0) is 8.15. The molecule has 0 saturated carbocycles. The third kappa shape index (κ3) is 3.96. The standard InChI is InChI=1S/C5H9FN2O2/c1-3(9)8-2-4(6)5(7)10/h2-4,9H,1H3,(H2,7,10). The molecule has 0 aliphatic rings. The molecule has 2 unspecified atom stereocenters. The first-order chi connectivity index (χ1) is 4.54. The molecular weight excluding hydrogens is 139 g/mol. The molecule has 10 heavy (non-hydrogen) atoms. The summed E-state index contributed by atoms with van der Waals surface area (Å²) >= 11 is 0. The predicted molar refractivity (Wildman–Crippen MR) is 34.3 cm³/mol. The van der Waals surface area contributed by atoms with Crippen molar-refractivity contribution in [1.29, 1.82) is 0 Å². The van der Waals surface area contributed by atoms with Crippen molar-refractivity contribution < 1.29 is 14.3 Å². The molecule has 0 heterocycles. The fourth-order valence-corrected chi connectivity index (χ4v) is 0.274. The van der Waals surface area contributed by atoms with Gasteiger partial charge in [-0.1, -0.05) is 0 Å². The molecule has 58 valence electrons. The fourth-order valence-electron chi connectivity index (χ4n) is 0.274. The largest absolute Gasteiger partial charge is 0.372 e. The second-order valence-electron chi connectivity index (χ2n) is 1.73. The first-order valence-corrected chi connectivity index (χ1v) is 2.68. The lowest BCUT2D eigenvalue weighted by Gasteiger charge is -1.96. The van der Waals surface area contributed by atoms with Crippen molar-refractivity contribution in [2.75, 3.05) is 0 Å². The summed E-state index contributed by atoms with van der Waals surface area (Å²) < 4.78 is 12.2. The third-order valence-electron chi connectivity index (χ3n) is 0.704. The van der Waals surface area contributed by atoms with E-state index in [1.807, 2.05) is 0 Å². The minimum absolute atomic E-state index is 0.674. The van der Waals surface area contributed by atoms with Crippen LogP contribution in [0.2, 0.25) is 0 Å². The molecule has 2 atom stereocenters. The van der Waals surface area contributed by atoms with Crippen LogP contribution < -0.4 is 5.73 Å². The van der Waals surface area contributed by atoms with Crippen molar-refractivity contribution in [3.63, 3.8) is 0 Å². The number of aliphatic hydroxyl groups excluding tert-OH is 1. The first kappa shape index (κ1) is 9.03. The lowest BCUT2D eigenvalue weighted by Crippen LogP contribution is -2.26. The van der Waals surface area contributed by atoms with Gasteiger partial charge in [0.25, 0.3) is 5.91 Å². The maximum Gasteiger partial charge on any atom is 0.257 e. The number of aliphatic hydroxyl groups is 1. The van der Waals surface area contributed by atoms with Crippen molar-refractivity contribution in [2.24, 2.45) is 10.7 Å². The average molecular weight is 148 g/mol. The predicted octanol–water partition coefficient (Wildman–Crippen LogP) is -0.781. The molecule has 0 bridgehead atoms. The molecule has 0 aromatic carbocycles. The molecule has 0 spiro atoms. The van der Waals surface area contributed by atoms with Crippen LogP contribution in [0.1, 0.15) is 6.92 Å². The van der Waals surface area contributed by atoms with E-state index in [2.05, 4.69) is 10.7 Å². The van der Waals surface area contributed by atoms with Crippen LogP contribution in [0, 0.1) is 0 Å². The van der Waals surface area contributed by atoms with E-state index in [9.17, 15) is 9.18 Å². The maximum absolute atomic E-state index is 12.2. The van der Waals surface area contributed by atoms with Gasteiger partial charge in [0, 0.05) is 6.21 Å². The number of nitrogens with zero attached hydrogens (tertiary/aromatic N) is 1. The first-order valence-electron chi connectivity index (χ1n) is 2.68. The second kappa shape index (κ2) is 3.94. The molecule has 0 saturated heterocycles. The number of halogens is 1. The van der Waals surface area contributed by atoms with E-state index in [0.29, 0.717) is 6.21 Å². The van der Waals surface area contributed by atoms with Crippen LogP contribution >= 0.6 is 0 Å². The highest BCUT2D eigenvalue weighted by Gasteiger charge is 2.08. The van der Waals surface area contributed by atoms with Crippen LogP contribution in [0.3, 0.4) is 0 Å². The topological polar surface area (TPSA) is 75.7 Å². The van der Waals surface area contributed by atoms with Crippen molar-refractivity contribution in [1.82, 2.24) is 0 Å². The number of carbonyl (C=O) groups is 1. The van der Waals surface area contributed by atoms with Gasteiger partial charge in [0.2, 0.25) is 6.17 Å². The van der Waals surface area contributed by atoms with Crippen molar-refractivity contribution in [3.05, 3.63) is 0 Å². The third-order valence-corrected chi connectivity index (χ3v) is 0.704. The number of hydrogen-bond donors (Lipinski definition) is 2. The van der Waals surface area contributed by atoms with Gasteiger partial charge in [-0.2, -0.15) is 0 Å². The van der Waals surface area contributed by atoms with E-state index >= 15 is 0 Å². The van der Waals surface area contributed by atoms with Gasteiger partial charge in [0.05, 0.1) is 0 Å². The summed E-state index contributed by atoms with van der Waals surface area (Å²) in [6, 6.07) is 0. The van der Waals surface area contributed by atoms with Gasteiger partial charge >= 0.3 is 0 Å². The van der Waals surface area contributed by atoms with Gasteiger partial charge in [0.15, 0.2) is 0 Å². The van der Waals surface area contributed by atoms with Crippen LogP contribution in [0.5, 0.6) is 0 Å². The van der Waals surface area contributed by atoms with Crippen LogP contribution in [0.15, 0.2) is 4.99 Å². The minimum Gasteiger partial charge on any atom is -0.372 e. The van der Waals surface area contributed by atoms with Gasteiger partial charge in [0.1, 0.15) is 6.23 Å². The van der Waals surface area contributed by atoms with Crippen LogP contribution in [0.4, 0.5) is 4.39 Å². The van der Waals surface area contributed by atoms with Gasteiger partial charge in [-0.3, -0.25) is 9.79 Å². The Hall–Kier alpha value is -0.970. The maximum atomic E-state index is 12.2. The molecule has 3 N–H and O–H groups in total. The Bertz CT molecular complexity index is 147. The number of alkyl halides is 1. The molecule has 0 aromatic rings. The van der Waals surface area contributed by atoms with Gasteiger partial charge < -0.3 is 10.8 Å². The summed E-state index contributed by atoms with van der Waals surface area (Å²) in [5.74, 6) is -1.11. The summed E-state index contributed by atoms with van der Waals surface area (Å²) in [6.07, 6.45) is -2.24. The smallest absolute Gasteiger partial charge is 0.257 e. The minimum atomic E-state index is -1.91. The zero-order valence-corrected chi connectivity index (χ0v) is 5.49. The highest BCUT2D eigenvalue weighted by Crippen LogP contribution is 1.86. The fraction of sp³-hybridized carbons (Fsp3) is 0.600. The number of nitrogens with two attached hydrogens (primary N) is 1. The van der Waals surface area contributed by atoms with Crippen molar-refractivity contribution in [3.8, 4) is 0 Å². The van der Waals surface area contributed by atoms with Crippen LogP contribution in [-0.4, -0.2) is 29.6 Å². The molecule has 0 aliphatic heterocycles. The Morgan fingerprint density at radius 3 is 2.70 bits per heavy atom. The van der Waals surface area contributed by atoms with E-state index in [0.717, 1.165) is 0 Å². The summed E-state index contributed by atoms with van der Waals surface area (Å²) in [4.78, 5) is 13.2. The van der Waals surface area contributed by atoms with Crippen LogP contribution in [-0.2, 0) is 4.79 Å². The molecule has 0 rings (SSSR count). The highest BCUT2D eigenvalue weighted by atomic mass is 19.1. The summed E-state index contributed by atoms with van der Waals surface area (Å²) in [6.45, 7) is 1.34. The second-order valence-corrected chi connectivity index (χ2v) is 1.73. The quantitative estimate of drug-likeness (QED) is 0.515. The summed E-state index contributed by atoms with van der Waals surface area (Å²) in [5.41, 5.74) is 4.54. The summed E-state index contributed by atoms with van der Waals surface area (Å²) in [5, 5.41) is 8.47. The molecule has 0 radical (unpaired) electrons. The Morgan fingerprint density at radius 2 is 2.40 bits per heavy atom. The Kier molecular flexibility index (Phi) is 3.56. The number of hydrogen-bond acceptors (Lipinski definition) is 3. The zero-order valence-electron chi connectivity index (χ0n) is 5.49. The molecule has 5 heteroatoms. The van der Waals surface area contributed by atoms with Crippen molar-refractivity contribution in [2.45, 2.75) is 19.3 Å².